The Kier molecular flexibility index (Phi) is 13.3. The molecule has 200 valence electrons. The molecule has 34 heavy (non-hydrogen) atoms. The number of hydrogen-bond acceptors (Lipinski definition) is 8. The van der Waals surface area contributed by atoms with Gasteiger partial charge in [-0.3, -0.25) is 13.9 Å². The minimum atomic E-state index is -3.92. The molecule has 1 amide bonds. The fourth-order valence-electron chi connectivity index (χ4n) is 4.36. The summed E-state index contributed by atoms with van der Waals surface area (Å²) in [6.07, 6.45) is 5.84. The van der Waals surface area contributed by atoms with Crippen molar-refractivity contribution in [3.63, 3.8) is 0 Å². The van der Waals surface area contributed by atoms with Crippen molar-refractivity contribution in [1.82, 2.24) is 9.99 Å². The van der Waals surface area contributed by atoms with Gasteiger partial charge in [-0.15, -0.1) is 0 Å². The predicted octanol–water partition coefficient (Wildman–Crippen LogP) is 3.68. The number of hydrogen-bond donors (Lipinski definition) is 4. The van der Waals surface area contributed by atoms with Crippen LogP contribution in [-0.2, 0) is 18.3 Å². The van der Waals surface area contributed by atoms with E-state index >= 15 is 0 Å². The lowest BCUT2D eigenvalue weighted by Gasteiger charge is -2.44. The third kappa shape index (κ3) is 8.73. The van der Waals surface area contributed by atoms with E-state index < -0.39 is 44.4 Å². The number of unbranched alkanes of at least 4 members (excludes halogenated alkanes) is 10. The highest BCUT2D eigenvalue weighted by Crippen LogP contribution is 2.46. The van der Waals surface area contributed by atoms with E-state index in [2.05, 4.69) is 18.9 Å². The van der Waals surface area contributed by atoms with E-state index in [0.29, 0.717) is 12.8 Å². The fourth-order valence-corrected chi connectivity index (χ4v) is 5.92. The van der Waals surface area contributed by atoms with Gasteiger partial charge in [-0.25, -0.2) is 9.36 Å². The molecular formula is C23H45N2O8P. The Morgan fingerprint density at radius 3 is 1.88 bits per heavy atom. The Morgan fingerprint density at radius 2 is 1.35 bits per heavy atom. The van der Waals surface area contributed by atoms with Crippen LogP contribution in [0, 0.1) is 0 Å². The molecule has 0 radical (unpaired) electrons. The molecular weight excluding hydrogens is 463 g/mol. The third-order valence-electron chi connectivity index (χ3n) is 6.47. The van der Waals surface area contributed by atoms with Crippen LogP contribution in [0.1, 0.15) is 90.9 Å². The summed E-state index contributed by atoms with van der Waals surface area (Å²) in [5, 5.41) is 33.7. The van der Waals surface area contributed by atoms with Gasteiger partial charge in [0.15, 0.2) is 0 Å². The average Bonchev–Trinajstić information content (AvgIpc) is 3.21. The summed E-state index contributed by atoms with van der Waals surface area (Å²) in [5.41, 5.74) is 0. The topological polar surface area (TPSA) is 138 Å². The number of aliphatic hydroxyl groups excluding tert-OH is 3. The molecule has 0 spiro atoms. The average molecular weight is 509 g/mol. The number of nitrogens with zero attached hydrogens (tertiary/aromatic N) is 1. The number of ether oxygens (including phenoxy) is 1. The molecule has 0 aromatic heterocycles. The van der Waals surface area contributed by atoms with E-state index in [-0.39, 0.29) is 19.8 Å². The van der Waals surface area contributed by atoms with Gasteiger partial charge >= 0.3 is 13.8 Å². The highest BCUT2D eigenvalue weighted by atomic mass is 31.2. The van der Waals surface area contributed by atoms with Gasteiger partial charge in [-0.2, -0.15) is 5.09 Å². The molecule has 0 aliphatic carbocycles. The fraction of sp³-hybridized carbons (Fsp3) is 0.957. The minimum Gasteiger partial charge on any atom is -0.447 e. The van der Waals surface area contributed by atoms with Gasteiger partial charge in [-0.05, 0) is 12.8 Å². The van der Waals surface area contributed by atoms with Gasteiger partial charge in [0.05, 0.1) is 19.3 Å². The van der Waals surface area contributed by atoms with Crippen LogP contribution < -0.4 is 5.09 Å². The van der Waals surface area contributed by atoms with Crippen molar-refractivity contribution in [3.05, 3.63) is 0 Å². The second-order valence-electron chi connectivity index (χ2n) is 9.30. The molecule has 0 aromatic carbocycles. The Morgan fingerprint density at radius 1 is 0.853 bits per heavy atom. The lowest BCUT2D eigenvalue weighted by molar-refractivity contribution is -0.145. The van der Waals surface area contributed by atoms with Crippen molar-refractivity contribution in [3.8, 4) is 0 Å². The highest BCUT2D eigenvalue weighted by molar-refractivity contribution is 7.51. The van der Waals surface area contributed by atoms with Gasteiger partial charge in [0.1, 0.15) is 31.1 Å². The summed E-state index contributed by atoms with van der Waals surface area (Å²) >= 11 is 0. The molecule has 2 rings (SSSR count). The second-order valence-corrected chi connectivity index (χ2v) is 11.1. The van der Waals surface area contributed by atoms with Crippen LogP contribution in [0.2, 0.25) is 0 Å². The number of carbonyl (C=O) groups excluding carboxylic acids is 1. The number of rotatable bonds is 18. The number of nitrogens with one attached hydrogen (secondary N) is 1. The molecule has 10 nitrogen and oxygen atoms in total. The molecule has 0 aromatic rings. The molecule has 2 fully saturated rings. The van der Waals surface area contributed by atoms with Crippen molar-refractivity contribution in [1.29, 1.82) is 0 Å². The van der Waals surface area contributed by atoms with Crippen molar-refractivity contribution in [2.75, 3.05) is 19.8 Å². The Balaban J connectivity index is 1.97. The van der Waals surface area contributed by atoms with Gasteiger partial charge in [0, 0.05) is 0 Å². The van der Waals surface area contributed by atoms with E-state index in [1.807, 2.05) is 0 Å². The maximum absolute atomic E-state index is 13.6. The van der Waals surface area contributed by atoms with Gasteiger partial charge in [0.25, 0.3) is 0 Å². The highest BCUT2D eigenvalue weighted by Gasteiger charge is 2.55. The van der Waals surface area contributed by atoms with E-state index in [1.165, 1.54) is 12.8 Å². The Labute approximate surface area is 203 Å². The van der Waals surface area contributed by atoms with Crippen molar-refractivity contribution in [2.24, 2.45) is 0 Å². The first-order valence-corrected chi connectivity index (χ1v) is 14.5. The van der Waals surface area contributed by atoms with Crippen LogP contribution in [-0.4, -0.2) is 76.7 Å². The van der Waals surface area contributed by atoms with Crippen LogP contribution in [0.4, 0.5) is 4.79 Å². The van der Waals surface area contributed by atoms with Gasteiger partial charge in [0.2, 0.25) is 0 Å². The van der Waals surface area contributed by atoms with E-state index in [9.17, 15) is 24.7 Å². The molecule has 3 unspecified atom stereocenters. The van der Waals surface area contributed by atoms with Crippen molar-refractivity contribution in [2.45, 2.75) is 121 Å². The molecule has 2 heterocycles. The molecule has 2 aliphatic rings. The molecule has 5 atom stereocenters. The van der Waals surface area contributed by atoms with Crippen LogP contribution in [0.3, 0.4) is 0 Å². The van der Waals surface area contributed by atoms with Crippen molar-refractivity contribution >= 4 is 13.8 Å². The summed E-state index contributed by atoms with van der Waals surface area (Å²) in [6, 6.07) is -0.867. The second kappa shape index (κ2) is 15.4. The van der Waals surface area contributed by atoms with E-state index in [0.717, 1.165) is 56.3 Å². The first-order chi connectivity index (χ1) is 16.3. The zero-order valence-corrected chi connectivity index (χ0v) is 21.7. The lowest BCUT2D eigenvalue weighted by Crippen LogP contribution is -2.69. The largest absolute Gasteiger partial charge is 0.447 e. The number of cyclic esters (lactones) is 1. The first kappa shape index (κ1) is 29.5. The molecule has 4 N–H and O–H groups in total. The van der Waals surface area contributed by atoms with E-state index in [4.69, 9.17) is 13.8 Å². The van der Waals surface area contributed by atoms with Crippen LogP contribution in [0.5, 0.6) is 0 Å². The number of carbonyl (C=O) groups is 1. The minimum absolute atomic E-state index is 0.135. The monoisotopic (exact) mass is 508 g/mol. The van der Waals surface area contributed by atoms with Gasteiger partial charge in [-0.1, -0.05) is 78.1 Å². The summed E-state index contributed by atoms with van der Waals surface area (Å²) < 4.78 is 29.9. The SMILES string of the molecule is CCCCCCCCOP(=O)(N[C@@H]1C(O)C(O)[C@H](O)C2COC(=O)N21)OCCCCCCCC. The first-order valence-electron chi connectivity index (χ1n) is 13.0. The lowest BCUT2D eigenvalue weighted by atomic mass is 9.93. The third-order valence-corrected chi connectivity index (χ3v) is 8.10. The van der Waals surface area contributed by atoms with Gasteiger partial charge < -0.3 is 20.1 Å². The summed E-state index contributed by atoms with van der Waals surface area (Å²) in [5.74, 6) is 0. The molecule has 0 bridgehead atoms. The summed E-state index contributed by atoms with van der Waals surface area (Å²) in [4.78, 5) is 13.3. The van der Waals surface area contributed by atoms with E-state index in [1.54, 1.807) is 0 Å². The summed E-state index contributed by atoms with van der Waals surface area (Å²) in [6.45, 7) is 4.58. The van der Waals surface area contributed by atoms with Crippen LogP contribution in [0.25, 0.3) is 0 Å². The zero-order valence-electron chi connectivity index (χ0n) is 20.8. The maximum Gasteiger partial charge on any atom is 0.411 e. The maximum atomic E-state index is 13.6. The number of amides is 1. The number of fused-ring (bicyclic) bond motifs is 1. The molecule has 0 saturated carbocycles. The predicted molar refractivity (Wildman–Crippen MR) is 128 cm³/mol. The molecule has 11 heteroatoms. The van der Waals surface area contributed by atoms with Crippen LogP contribution >= 0.6 is 7.75 Å². The smallest absolute Gasteiger partial charge is 0.411 e. The quantitative estimate of drug-likeness (QED) is 0.161. The van der Waals surface area contributed by atoms with Crippen LogP contribution in [0.15, 0.2) is 0 Å². The van der Waals surface area contributed by atoms with Crippen molar-refractivity contribution < 1.29 is 38.5 Å². The normalized spacial score (nSPS) is 27.1. The molecule has 2 aliphatic heterocycles. The summed E-state index contributed by atoms with van der Waals surface area (Å²) in [7, 11) is -3.92. The number of aliphatic hydroxyl groups is 3. The number of piperidine rings is 1. The molecule has 2 saturated heterocycles. The Bertz CT molecular complexity index is 618. The Hall–Kier alpha value is -0.740. The standard InChI is InChI=1S/C23H45N2O8P/c1-3-5-7-9-11-13-15-32-34(30,33-16-14-12-10-8-6-4-2)24-22-21(28)20(27)19(26)18-17-31-23(29)25(18)22/h18-22,26-28H,3-17H2,1-2H3,(H,24,30)/t18?,19-,20?,21?,22+/m1/s1. The zero-order chi connectivity index (χ0) is 25.0.